The lowest BCUT2D eigenvalue weighted by molar-refractivity contribution is 0.0872. The Labute approximate surface area is 203 Å². The Bertz CT molecular complexity index is 1470. The highest BCUT2D eigenvalue weighted by atomic mass is 16.5. The first-order valence-electron chi connectivity index (χ1n) is 11.7. The zero-order chi connectivity index (χ0) is 23.9. The lowest BCUT2D eigenvalue weighted by atomic mass is 10.0. The lowest BCUT2D eigenvalue weighted by Gasteiger charge is -2.29. The summed E-state index contributed by atoms with van der Waals surface area (Å²) in [6.45, 7) is 4.71. The number of aromatic nitrogens is 2. The number of hydrogen-bond acceptors (Lipinski definition) is 6. The van der Waals surface area contributed by atoms with Gasteiger partial charge in [0.1, 0.15) is 24.0 Å². The number of Topliss-reactive ketones (excluding diaryl/α,β-unsaturated/α-hetero) is 1. The molecule has 2 aromatic heterocycles. The van der Waals surface area contributed by atoms with Crippen LogP contribution in [0.4, 0.5) is 0 Å². The fourth-order valence-electron chi connectivity index (χ4n) is 4.80. The molecular weight excluding hydrogens is 442 g/mol. The number of rotatable bonds is 5. The molecule has 176 valence electrons. The summed E-state index contributed by atoms with van der Waals surface area (Å²) in [6.07, 6.45) is 7.50. The molecule has 0 spiro atoms. The van der Waals surface area contributed by atoms with Gasteiger partial charge in [-0.2, -0.15) is 0 Å². The molecule has 0 amide bonds. The third-order valence-corrected chi connectivity index (χ3v) is 6.56. The Balaban J connectivity index is 1.34. The van der Waals surface area contributed by atoms with Crippen LogP contribution in [-0.4, -0.2) is 34.1 Å². The second-order valence-corrected chi connectivity index (χ2v) is 8.73. The van der Waals surface area contributed by atoms with Gasteiger partial charge in [0.05, 0.1) is 18.2 Å². The number of aryl methyl sites for hydroxylation is 1. The van der Waals surface area contributed by atoms with Gasteiger partial charge < -0.3 is 18.8 Å². The van der Waals surface area contributed by atoms with Crippen molar-refractivity contribution in [3.63, 3.8) is 0 Å². The summed E-state index contributed by atoms with van der Waals surface area (Å²) < 4.78 is 19.8. The van der Waals surface area contributed by atoms with Gasteiger partial charge in [-0.25, -0.2) is 0 Å². The summed E-state index contributed by atoms with van der Waals surface area (Å²) in [7, 11) is 1.65. The highest BCUT2D eigenvalue weighted by molar-refractivity contribution is 6.15. The quantitative estimate of drug-likeness (QED) is 0.384. The number of nitrogens with zero attached hydrogens (tertiary/aromatic N) is 3. The van der Waals surface area contributed by atoms with E-state index in [9.17, 15) is 4.79 Å². The van der Waals surface area contributed by atoms with E-state index in [-0.39, 0.29) is 5.78 Å². The Morgan fingerprint density at radius 2 is 2.11 bits per heavy atom. The van der Waals surface area contributed by atoms with Crippen LogP contribution in [0.15, 0.2) is 66.8 Å². The van der Waals surface area contributed by atoms with E-state index in [4.69, 9.17) is 14.2 Å². The largest absolute Gasteiger partial charge is 0.497 e. The molecule has 35 heavy (non-hydrogen) atoms. The molecule has 7 heteroatoms. The molecule has 0 atom stereocenters. The number of ketones is 1. The van der Waals surface area contributed by atoms with E-state index >= 15 is 0 Å². The number of carbonyl (C=O) groups excluding carboxylic acids is 1. The van der Waals surface area contributed by atoms with E-state index in [0.29, 0.717) is 36.9 Å². The van der Waals surface area contributed by atoms with Gasteiger partial charge >= 0.3 is 0 Å². The van der Waals surface area contributed by atoms with Crippen LogP contribution in [0.5, 0.6) is 17.2 Å². The number of allylic oxidation sites excluding steroid dienone is 1. The Hall–Kier alpha value is -4.10. The van der Waals surface area contributed by atoms with Gasteiger partial charge in [0.2, 0.25) is 5.78 Å². The summed E-state index contributed by atoms with van der Waals surface area (Å²) in [5.41, 5.74) is 4.57. The first-order chi connectivity index (χ1) is 17.1. The maximum atomic E-state index is 13.3. The van der Waals surface area contributed by atoms with Crippen LogP contribution >= 0.6 is 0 Å². The molecule has 4 heterocycles. The van der Waals surface area contributed by atoms with Gasteiger partial charge in [-0.15, -0.1) is 0 Å². The van der Waals surface area contributed by atoms with Gasteiger partial charge in [-0.3, -0.25) is 14.7 Å². The van der Waals surface area contributed by atoms with Crippen molar-refractivity contribution in [1.82, 2.24) is 14.5 Å². The molecule has 0 N–H and O–H groups in total. The second kappa shape index (κ2) is 8.60. The molecule has 0 aliphatic carbocycles. The lowest BCUT2D eigenvalue weighted by Crippen LogP contribution is -2.31. The van der Waals surface area contributed by atoms with Crippen molar-refractivity contribution in [2.75, 3.05) is 13.8 Å². The molecule has 0 saturated carbocycles. The van der Waals surface area contributed by atoms with Crippen LogP contribution in [0.3, 0.4) is 0 Å². The molecule has 2 aliphatic heterocycles. The predicted molar refractivity (Wildman–Crippen MR) is 133 cm³/mol. The first-order valence-corrected chi connectivity index (χ1v) is 11.7. The SMILES string of the molecule is CCn1cc(/C=C2\Oc3c(ccc4c3CN(Cc3cccnc3)CO4)C2=O)c2cc(OC)ccc21. The minimum absolute atomic E-state index is 0.118. The minimum atomic E-state index is -0.118. The molecule has 0 radical (unpaired) electrons. The van der Waals surface area contributed by atoms with Crippen LogP contribution in [0.1, 0.15) is 34.0 Å². The monoisotopic (exact) mass is 467 g/mol. The first kappa shape index (κ1) is 21.4. The standard InChI is InChI=1S/C28H25N3O4/c1-3-31-15-19(22-12-20(33-2)6-8-24(22)31)11-26-27(32)21-7-9-25-23(28(21)35-26)16-30(17-34-25)14-18-5-4-10-29-13-18/h4-13,15H,3,14,16-17H2,1-2H3/b26-11-. The molecule has 0 fully saturated rings. The van der Waals surface area contributed by atoms with E-state index in [2.05, 4.69) is 21.4 Å². The van der Waals surface area contributed by atoms with Gasteiger partial charge in [0.25, 0.3) is 0 Å². The zero-order valence-electron chi connectivity index (χ0n) is 19.7. The Morgan fingerprint density at radius 3 is 2.91 bits per heavy atom. The third-order valence-electron chi connectivity index (χ3n) is 6.56. The van der Waals surface area contributed by atoms with Gasteiger partial charge in [-0.1, -0.05) is 6.07 Å². The maximum absolute atomic E-state index is 13.3. The topological polar surface area (TPSA) is 65.8 Å². The maximum Gasteiger partial charge on any atom is 0.231 e. The van der Waals surface area contributed by atoms with Crippen molar-refractivity contribution in [2.45, 2.75) is 26.6 Å². The fraction of sp³-hybridized carbons (Fsp3) is 0.214. The summed E-state index contributed by atoms with van der Waals surface area (Å²) in [6, 6.07) is 13.6. The van der Waals surface area contributed by atoms with Crippen molar-refractivity contribution in [3.8, 4) is 17.2 Å². The summed E-state index contributed by atoms with van der Waals surface area (Å²) in [5.74, 6) is 2.31. The molecule has 4 aromatic rings. The molecule has 0 unspecified atom stereocenters. The van der Waals surface area contributed by atoms with Crippen LogP contribution in [-0.2, 0) is 19.6 Å². The normalized spacial score (nSPS) is 16.2. The van der Waals surface area contributed by atoms with E-state index in [1.807, 2.05) is 54.9 Å². The van der Waals surface area contributed by atoms with E-state index in [1.54, 1.807) is 19.4 Å². The number of carbonyl (C=O) groups is 1. The number of methoxy groups -OCH3 is 1. The molecule has 7 nitrogen and oxygen atoms in total. The van der Waals surface area contributed by atoms with Gasteiger partial charge in [0.15, 0.2) is 5.76 Å². The summed E-state index contributed by atoms with van der Waals surface area (Å²) in [5, 5.41) is 1.01. The van der Waals surface area contributed by atoms with E-state index in [1.165, 1.54) is 0 Å². The van der Waals surface area contributed by atoms with Crippen molar-refractivity contribution in [2.24, 2.45) is 0 Å². The molecule has 0 bridgehead atoms. The minimum Gasteiger partial charge on any atom is -0.497 e. The van der Waals surface area contributed by atoms with E-state index < -0.39 is 0 Å². The number of hydrogen-bond donors (Lipinski definition) is 0. The molecule has 2 aliphatic rings. The molecule has 0 saturated heterocycles. The van der Waals surface area contributed by atoms with Crippen LogP contribution in [0.2, 0.25) is 0 Å². The predicted octanol–water partition coefficient (Wildman–Crippen LogP) is 5.03. The Morgan fingerprint density at radius 1 is 1.20 bits per heavy atom. The van der Waals surface area contributed by atoms with Crippen molar-refractivity contribution >= 4 is 22.8 Å². The van der Waals surface area contributed by atoms with Crippen LogP contribution in [0.25, 0.3) is 17.0 Å². The van der Waals surface area contributed by atoms with Crippen LogP contribution in [0, 0.1) is 0 Å². The van der Waals surface area contributed by atoms with Gasteiger partial charge in [-0.05, 0) is 55.0 Å². The summed E-state index contributed by atoms with van der Waals surface area (Å²) in [4.78, 5) is 19.7. The number of fused-ring (bicyclic) bond motifs is 4. The average molecular weight is 468 g/mol. The van der Waals surface area contributed by atoms with Crippen molar-refractivity contribution < 1.29 is 19.0 Å². The summed E-state index contributed by atoms with van der Waals surface area (Å²) >= 11 is 0. The highest BCUT2D eigenvalue weighted by Crippen LogP contribution is 2.42. The Kier molecular flexibility index (Phi) is 5.26. The zero-order valence-corrected chi connectivity index (χ0v) is 19.7. The average Bonchev–Trinajstić information content (AvgIpc) is 3.41. The van der Waals surface area contributed by atoms with Crippen molar-refractivity contribution in [3.05, 3.63) is 89.1 Å². The molecular formula is C28H25N3O4. The number of ether oxygens (including phenoxy) is 3. The van der Waals surface area contributed by atoms with Crippen molar-refractivity contribution in [1.29, 1.82) is 0 Å². The molecule has 2 aromatic carbocycles. The van der Waals surface area contributed by atoms with E-state index in [0.717, 1.165) is 45.6 Å². The van der Waals surface area contributed by atoms with Crippen LogP contribution < -0.4 is 14.2 Å². The molecule has 6 rings (SSSR count). The number of pyridine rings is 1. The van der Waals surface area contributed by atoms with Gasteiger partial charge in [0, 0.05) is 54.7 Å². The number of benzene rings is 2. The second-order valence-electron chi connectivity index (χ2n) is 8.73. The fourth-order valence-corrected chi connectivity index (χ4v) is 4.80. The highest BCUT2D eigenvalue weighted by Gasteiger charge is 2.34. The smallest absolute Gasteiger partial charge is 0.231 e. The third kappa shape index (κ3) is 3.74.